The molecule has 1 saturated heterocycles. The van der Waals surface area contributed by atoms with Gasteiger partial charge in [-0.2, -0.15) is 0 Å². The van der Waals surface area contributed by atoms with Crippen molar-refractivity contribution in [1.29, 1.82) is 0 Å². The van der Waals surface area contributed by atoms with Crippen molar-refractivity contribution in [2.75, 3.05) is 19.6 Å². The van der Waals surface area contributed by atoms with Crippen molar-refractivity contribution in [3.05, 3.63) is 83.9 Å². The minimum absolute atomic E-state index is 0.0127. The van der Waals surface area contributed by atoms with Crippen LogP contribution in [-0.2, 0) is 60.8 Å². The molecule has 26 heteroatoms. The number of amides is 10. The first-order valence-electron chi connectivity index (χ1n) is 24.7. The van der Waals surface area contributed by atoms with E-state index in [0.717, 1.165) is 10.8 Å². The lowest BCUT2D eigenvalue weighted by Gasteiger charge is -2.28. The summed E-state index contributed by atoms with van der Waals surface area (Å²) in [6, 6.07) is 11.0. The number of guanidine groups is 2. The first-order chi connectivity index (χ1) is 36.2. The van der Waals surface area contributed by atoms with Gasteiger partial charge >= 0.3 is 0 Å². The molecule has 0 aromatic heterocycles. The van der Waals surface area contributed by atoms with E-state index in [1.807, 2.05) is 36.4 Å². The van der Waals surface area contributed by atoms with Crippen molar-refractivity contribution in [3.63, 3.8) is 0 Å². The minimum Gasteiger partial charge on any atom is -0.370 e. The zero-order valence-corrected chi connectivity index (χ0v) is 42.3. The number of carbonyl (C=O) groups is 10. The van der Waals surface area contributed by atoms with E-state index in [4.69, 9.17) is 34.4 Å². The van der Waals surface area contributed by atoms with Gasteiger partial charge < -0.3 is 76.9 Å². The molecule has 1 fully saturated rings. The number of benzene rings is 3. The maximum atomic E-state index is 14.6. The van der Waals surface area contributed by atoms with Gasteiger partial charge in [-0.3, -0.25) is 57.9 Å². The van der Waals surface area contributed by atoms with Crippen molar-refractivity contribution in [3.8, 4) is 0 Å². The second-order valence-electron chi connectivity index (χ2n) is 18.2. The highest BCUT2D eigenvalue weighted by Gasteiger charge is 2.35. The van der Waals surface area contributed by atoms with Gasteiger partial charge in [0.1, 0.15) is 42.3 Å². The van der Waals surface area contributed by atoms with E-state index >= 15 is 0 Å². The zero-order valence-electron chi connectivity index (χ0n) is 42.3. The third-order valence-corrected chi connectivity index (χ3v) is 12.0. The summed E-state index contributed by atoms with van der Waals surface area (Å²) in [4.78, 5) is 144. The van der Waals surface area contributed by atoms with E-state index in [9.17, 15) is 47.9 Å². The molecular formula is C50H70N16O10. The number of fused-ring (bicyclic) bond motifs is 1. The molecule has 0 saturated carbocycles. The SMILES string of the molecule is CC(=O)N[C@@H](CCCN=C(N)N)C(=O)N[C@H]1CCCCNC(=O)C[C@@H](C(N)=O)NC(=O)[C@H](Cc2ccc3ccccc3c2)NC(=O)[C@H](CCCN=C(N)N)NC(=O)[C@@H](Cc2ccccc2)NC(=O)[C@H](CC(N)=O)NC1=O. The van der Waals surface area contributed by atoms with Crippen LogP contribution in [0.3, 0.4) is 0 Å². The van der Waals surface area contributed by atoms with E-state index in [2.05, 4.69) is 52.5 Å². The van der Waals surface area contributed by atoms with Crippen LogP contribution in [0.2, 0.25) is 0 Å². The van der Waals surface area contributed by atoms with Crippen LogP contribution in [0.15, 0.2) is 82.8 Å². The quantitative estimate of drug-likeness (QED) is 0.0330. The molecule has 4 rings (SSSR count). The van der Waals surface area contributed by atoms with E-state index in [-0.39, 0.29) is 89.3 Å². The van der Waals surface area contributed by atoms with E-state index in [1.165, 1.54) is 6.92 Å². The largest absolute Gasteiger partial charge is 0.370 e. The van der Waals surface area contributed by atoms with Gasteiger partial charge in [0.25, 0.3) is 0 Å². The molecule has 0 unspecified atom stereocenters. The number of hydrogen-bond donors (Lipinski definition) is 14. The number of carbonyl (C=O) groups excluding carboxylic acids is 10. The van der Waals surface area contributed by atoms with Gasteiger partial charge in [0, 0.05) is 39.4 Å². The van der Waals surface area contributed by atoms with Gasteiger partial charge in [0.15, 0.2) is 11.9 Å². The van der Waals surface area contributed by atoms with E-state index < -0.39 is 114 Å². The molecule has 1 aliphatic rings. The third-order valence-electron chi connectivity index (χ3n) is 12.0. The molecule has 410 valence electrons. The van der Waals surface area contributed by atoms with Crippen molar-refractivity contribution >= 4 is 81.8 Å². The van der Waals surface area contributed by atoms with E-state index in [0.29, 0.717) is 11.1 Å². The fourth-order valence-corrected chi connectivity index (χ4v) is 8.15. The summed E-state index contributed by atoms with van der Waals surface area (Å²) >= 11 is 0. The maximum absolute atomic E-state index is 14.6. The topological polar surface area (TPSA) is 448 Å². The molecule has 76 heavy (non-hydrogen) atoms. The Kier molecular flexibility index (Phi) is 23.9. The van der Waals surface area contributed by atoms with Crippen LogP contribution in [-0.4, -0.2) is 133 Å². The summed E-state index contributed by atoms with van der Waals surface area (Å²) in [6.07, 6.45) is -1.24. The van der Waals surface area contributed by atoms with Crippen molar-refractivity contribution in [2.45, 2.75) is 120 Å². The Morgan fingerprint density at radius 2 is 1.20 bits per heavy atom. The number of primary amides is 2. The van der Waals surface area contributed by atoms with Crippen LogP contribution in [0.4, 0.5) is 0 Å². The fourth-order valence-electron chi connectivity index (χ4n) is 8.15. The second-order valence-corrected chi connectivity index (χ2v) is 18.2. The molecule has 0 bridgehead atoms. The van der Waals surface area contributed by atoms with Crippen LogP contribution in [0.25, 0.3) is 10.8 Å². The average molecular weight is 1060 g/mol. The lowest BCUT2D eigenvalue weighted by molar-refractivity contribution is -0.136. The normalized spacial score (nSPS) is 20.9. The molecule has 0 radical (unpaired) electrons. The van der Waals surface area contributed by atoms with Crippen molar-refractivity contribution in [2.24, 2.45) is 44.4 Å². The third kappa shape index (κ3) is 20.9. The molecule has 7 atom stereocenters. The average Bonchev–Trinajstić information content (AvgIpc) is 3.36. The monoisotopic (exact) mass is 1050 g/mol. The second kappa shape index (κ2) is 30.4. The van der Waals surface area contributed by atoms with Crippen molar-refractivity contribution < 1.29 is 47.9 Å². The molecule has 1 heterocycles. The number of hydrogen-bond acceptors (Lipinski definition) is 12. The van der Waals surface area contributed by atoms with E-state index in [1.54, 1.807) is 36.4 Å². The van der Waals surface area contributed by atoms with Gasteiger partial charge in [0.05, 0.1) is 12.8 Å². The summed E-state index contributed by atoms with van der Waals surface area (Å²) < 4.78 is 0. The summed E-state index contributed by atoms with van der Waals surface area (Å²) in [5.74, 6) is -9.26. The van der Waals surface area contributed by atoms with Crippen LogP contribution in [0, 0.1) is 0 Å². The molecule has 20 N–H and O–H groups in total. The maximum Gasteiger partial charge on any atom is 0.243 e. The Bertz CT molecular complexity index is 2610. The van der Waals surface area contributed by atoms with Crippen LogP contribution in [0.1, 0.15) is 75.8 Å². The number of nitrogens with two attached hydrogens (primary N) is 6. The van der Waals surface area contributed by atoms with Gasteiger partial charge in [-0.25, -0.2) is 0 Å². The summed E-state index contributed by atoms with van der Waals surface area (Å²) in [5.41, 5.74) is 34.4. The number of aliphatic imine (C=N–C) groups is 2. The summed E-state index contributed by atoms with van der Waals surface area (Å²) in [6.45, 7) is 1.29. The van der Waals surface area contributed by atoms with Crippen molar-refractivity contribution in [1.82, 2.24) is 42.5 Å². The molecule has 3 aromatic carbocycles. The predicted octanol–water partition coefficient (Wildman–Crippen LogP) is -3.80. The minimum atomic E-state index is -1.73. The molecule has 1 aliphatic heterocycles. The van der Waals surface area contributed by atoms with Gasteiger partial charge in [-0.15, -0.1) is 0 Å². The lowest BCUT2D eigenvalue weighted by atomic mass is 9.99. The highest BCUT2D eigenvalue weighted by Crippen LogP contribution is 2.18. The first-order valence-corrected chi connectivity index (χ1v) is 24.7. The molecule has 10 amide bonds. The van der Waals surface area contributed by atoms with Gasteiger partial charge in [0.2, 0.25) is 59.1 Å². The van der Waals surface area contributed by atoms with Gasteiger partial charge in [-0.1, -0.05) is 72.8 Å². The number of nitrogens with one attached hydrogen (secondary N) is 8. The molecule has 0 spiro atoms. The predicted molar refractivity (Wildman–Crippen MR) is 281 cm³/mol. The Labute approximate surface area is 438 Å². The Hall–Kier alpha value is -8.84. The molecule has 0 aliphatic carbocycles. The number of nitrogens with zero attached hydrogens (tertiary/aromatic N) is 2. The lowest BCUT2D eigenvalue weighted by Crippen LogP contribution is -2.61. The van der Waals surface area contributed by atoms with Crippen LogP contribution < -0.4 is 76.9 Å². The molecule has 3 aromatic rings. The molecular weight excluding hydrogens is 985 g/mol. The summed E-state index contributed by atoms with van der Waals surface area (Å²) in [7, 11) is 0. The first kappa shape index (κ1) is 59.7. The van der Waals surface area contributed by atoms with Crippen LogP contribution >= 0.6 is 0 Å². The fraction of sp³-hybridized carbons (Fsp3) is 0.440. The smallest absolute Gasteiger partial charge is 0.243 e. The Morgan fingerprint density at radius 1 is 0.632 bits per heavy atom. The van der Waals surface area contributed by atoms with Gasteiger partial charge in [-0.05, 0) is 66.8 Å². The number of rotatable bonds is 18. The van der Waals surface area contributed by atoms with Crippen LogP contribution in [0.5, 0.6) is 0 Å². The Balaban J connectivity index is 1.78. The summed E-state index contributed by atoms with van der Waals surface area (Å²) in [5, 5.41) is 22.5. The highest BCUT2D eigenvalue weighted by atomic mass is 16.2. The highest BCUT2D eigenvalue weighted by molar-refractivity contribution is 5.99. The molecule has 26 nitrogen and oxygen atoms in total. The zero-order chi connectivity index (χ0) is 55.7. The Morgan fingerprint density at radius 3 is 1.83 bits per heavy atom. The standard InChI is InChI=1S/C50H70N16O10/c1-28(67)60-33(16-9-21-58-49(53)54)43(71)61-34-15-7-8-20-57-41(69)27-36(42(52)70)63-47(75)38(25-30-18-19-31-13-5-6-14-32(31)23-30)64-45(73)35(17-10-22-59-50(55)56)62-46(74)37(24-29-11-3-2-4-12-29)65-48(76)39(26-40(51)68)66-44(34)72/h2-6,11-14,18-19,23,33-39H,7-10,15-17,20-22,24-27H2,1H3,(H2,51,68)(H2,52,70)(H,57,69)(H,60,67)(H,61,71)(H,62,74)(H,63,75)(H,64,73)(H,65,76)(H,66,72)(H4,53,54,58)(H4,55,56,59)/t33-,34-,35-,36-,37+,38-,39-/m0/s1.